The van der Waals surface area contributed by atoms with Crippen LogP contribution in [-0.4, -0.2) is 34.6 Å². The Morgan fingerprint density at radius 1 is 1.17 bits per heavy atom. The summed E-state index contributed by atoms with van der Waals surface area (Å²) >= 11 is 0. The largest absolute Gasteiger partial charge is 0.481 e. The van der Waals surface area contributed by atoms with Crippen LogP contribution < -0.4 is 5.32 Å². The highest BCUT2D eigenvalue weighted by Crippen LogP contribution is 1.85. The predicted octanol–water partition coefficient (Wildman–Crippen LogP) is -0.948. The van der Waals surface area contributed by atoms with Crippen molar-refractivity contribution in [2.24, 2.45) is 0 Å². The Morgan fingerprint density at radius 3 is 2.17 bits per heavy atom. The van der Waals surface area contributed by atoms with Gasteiger partial charge in [0.15, 0.2) is 0 Å². The van der Waals surface area contributed by atoms with Crippen molar-refractivity contribution in [1.29, 1.82) is 0 Å². The zero-order valence-electron chi connectivity index (χ0n) is 6.24. The molecule has 0 fully saturated rings. The highest BCUT2D eigenvalue weighted by Gasteiger charge is 2.09. The number of carbonyl (C=O) groups is 3. The molecule has 0 aliphatic heterocycles. The second-order valence-corrected chi connectivity index (χ2v) is 2.06. The zero-order valence-corrected chi connectivity index (χ0v) is 6.24. The van der Waals surface area contributed by atoms with E-state index >= 15 is 0 Å². The Kier molecular flexibility index (Phi) is 4.43. The van der Waals surface area contributed by atoms with Crippen LogP contribution in [0.5, 0.6) is 0 Å². The second-order valence-electron chi connectivity index (χ2n) is 2.06. The molecule has 0 spiro atoms. The standard InChI is InChI=1S/C6H9NO5/c8-4(9)2-1-3-7-5(10)6(11)12/h1-3H2,(H,7,10)(H,8,9)(H,11,12). The molecule has 0 atom stereocenters. The van der Waals surface area contributed by atoms with Crippen molar-refractivity contribution < 1.29 is 24.6 Å². The van der Waals surface area contributed by atoms with Gasteiger partial charge in [0, 0.05) is 13.0 Å². The van der Waals surface area contributed by atoms with Crippen molar-refractivity contribution in [3.63, 3.8) is 0 Å². The number of carbonyl (C=O) groups excluding carboxylic acids is 1. The van der Waals surface area contributed by atoms with E-state index in [1.54, 1.807) is 0 Å². The van der Waals surface area contributed by atoms with E-state index in [1.807, 2.05) is 5.32 Å². The van der Waals surface area contributed by atoms with Crippen LogP contribution in [0.2, 0.25) is 0 Å². The van der Waals surface area contributed by atoms with E-state index in [9.17, 15) is 14.4 Å². The number of carboxylic acid groups (broad SMARTS) is 2. The van der Waals surface area contributed by atoms with E-state index in [0.29, 0.717) is 0 Å². The number of nitrogens with one attached hydrogen (secondary N) is 1. The fourth-order valence-corrected chi connectivity index (χ4v) is 0.517. The molecule has 0 aliphatic rings. The van der Waals surface area contributed by atoms with Gasteiger partial charge < -0.3 is 15.5 Å². The average molecular weight is 175 g/mol. The molecular formula is C6H9NO5. The molecule has 0 aromatic rings. The first-order valence-electron chi connectivity index (χ1n) is 3.27. The van der Waals surface area contributed by atoms with Crippen LogP contribution in [-0.2, 0) is 14.4 Å². The third kappa shape index (κ3) is 5.21. The van der Waals surface area contributed by atoms with Gasteiger partial charge in [-0.05, 0) is 6.42 Å². The molecule has 1 amide bonds. The number of hydrogen-bond acceptors (Lipinski definition) is 3. The van der Waals surface area contributed by atoms with Crippen LogP contribution in [0.3, 0.4) is 0 Å². The van der Waals surface area contributed by atoms with E-state index in [1.165, 1.54) is 0 Å². The maximum Gasteiger partial charge on any atom is 0.394 e. The molecule has 0 unspecified atom stereocenters. The van der Waals surface area contributed by atoms with Crippen molar-refractivity contribution in [1.82, 2.24) is 5.32 Å². The number of aliphatic carboxylic acids is 2. The molecule has 0 bridgehead atoms. The monoisotopic (exact) mass is 175 g/mol. The lowest BCUT2D eigenvalue weighted by molar-refractivity contribution is -0.150. The Morgan fingerprint density at radius 2 is 1.75 bits per heavy atom. The summed E-state index contributed by atoms with van der Waals surface area (Å²) < 4.78 is 0. The van der Waals surface area contributed by atoms with Gasteiger partial charge in [-0.15, -0.1) is 0 Å². The molecule has 6 nitrogen and oxygen atoms in total. The van der Waals surface area contributed by atoms with Crippen LogP contribution in [0.15, 0.2) is 0 Å². The maximum atomic E-state index is 10.3. The van der Waals surface area contributed by atoms with E-state index < -0.39 is 17.8 Å². The van der Waals surface area contributed by atoms with Gasteiger partial charge in [-0.3, -0.25) is 9.59 Å². The Hall–Kier alpha value is -1.59. The molecular weight excluding hydrogens is 166 g/mol. The Labute approximate surface area is 68.2 Å². The van der Waals surface area contributed by atoms with Gasteiger partial charge >= 0.3 is 17.8 Å². The van der Waals surface area contributed by atoms with Crippen molar-refractivity contribution in [2.45, 2.75) is 12.8 Å². The number of rotatable bonds is 4. The van der Waals surface area contributed by atoms with E-state index in [4.69, 9.17) is 10.2 Å². The molecule has 6 heteroatoms. The molecule has 0 heterocycles. The second kappa shape index (κ2) is 5.11. The Bertz CT molecular complexity index is 200. The van der Waals surface area contributed by atoms with Crippen molar-refractivity contribution in [2.75, 3.05) is 6.54 Å². The molecule has 12 heavy (non-hydrogen) atoms. The molecule has 0 saturated heterocycles. The number of amides is 1. The zero-order chi connectivity index (χ0) is 9.56. The molecule has 0 aromatic carbocycles. The predicted molar refractivity (Wildman–Crippen MR) is 37.5 cm³/mol. The average Bonchev–Trinajstić information content (AvgIpc) is 1.97. The summed E-state index contributed by atoms with van der Waals surface area (Å²) in [5.41, 5.74) is 0. The summed E-state index contributed by atoms with van der Waals surface area (Å²) in [5, 5.41) is 18.3. The molecule has 0 aliphatic carbocycles. The molecule has 68 valence electrons. The third-order valence-electron chi connectivity index (χ3n) is 1.05. The minimum Gasteiger partial charge on any atom is -0.481 e. The number of carboxylic acids is 2. The van der Waals surface area contributed by atoms with Gasteiger partial charge in [-0.2, -0.15) is 0 Å². The SMILES string of the molecule is O=C(O)CCCNC(=O)C(=O)O. The minimum absolute atomic E-state index is 0.0669. The van der Waals surface area contributed by atoms with Crippen molar-refractivity contribution >= 4 is 17.8 Å². The first kappa shape index (κ1) is 10.4. The molecule has 0 radical (unpaired) electrons. The van der Waals surface area contributed by atoms with Crippen molar-refractivity contribution in [3.8, 4) is 0 Å². The van der Waals surface area contributed by atoms with Crippen LogP contribution >= 0.6 is 0 Å². The van der Waals surface area contributed by atoms with Gasteiger partial charge in [-0.1, -0.05) is 0 Å². The molecule has 0 rings (SSSR count). The molecule has 0 saturated carbocycles. The molecule has 3 N–H and O–H groups in total. The van der Waals surface area contributed by atoms with Gasteiger partial charge in [-0.25, -0.2) is 4.79 Å². The summed E-state index contributed by atoms with van der Waals surface area (Å²) in [6.07, 6.45) is 0.147. The van der Waals surface area contributed by atoms with E-state index in [-0.39, 0.29) is 19.4 Å². The van der Waals surface area contributed by atoms with Crippen LogP contribution in [0.25, 0.3) is 0 Å². The van der Waals surface area contributed by atoms with Gasteiger partial charge in [0.1, 0.15) is 0 Å². The summed E-state index contributed by atoms with van der Waals surface area (Å²) in [4.78, 5) is 30.2. The Balaban J connectivity index is 3.38. The van der Waals surface area contributed by atoms with Gasteiger partial charge in [0.2, 0.25) is 0 Å². The summed E-state index contributed by atoms with van der Waals surface area (Å²) in [6, 6.07) is 0. The summed E-state index contributed by atoms with van der Waals surface area (Å²) in [7, 11) is 0. The van der Waals surface area contributed by atoms with Crippen molar-refractivity contribution in [3.05, 3.63) is 0 Å². The van der Waals surface area contributed by atoms with Crippen LogP contribution in [0, 0.1) is 0 Å². The highest BCUT2D eigenvalue weighted by molar-refractivity contribution is 6.31. The third-order valence-corrected chi connectivity index (χ3v) is 1.05. The van der Waals surface area contributed by atoms with Crippen LogP contribution in [0.4, 0.5) is 0 Å². The summed E-state index contributed by atoms with van der Waals surface area (Å²) in [6.45, 7) is 0.0669. The van der Waals surface area contributed by atoms with E-state index in [0.717, 1.165) is 0 Å². The van der Waals surface area contributed by atoms with Crippen LogP contribution in [0.1, 0.15) is 12.8 Å². The fraction of sp³-hybridized carbons (Fsp3) is 0.500. The maximum absolute atomic E-state index is 10.3. The minimum atomic E-state index is -1.56. The topological polar surface area (TPSA) is 104 Å². The number of hydrogen-bond donors (Lipinski definition) is 3. The first-order chi connectivity index (χ1) is 5.54. The van der Waals surface area contributed by atoms with E-state index in [2.05, 4.69) is 0 Å². The normalized spacial score (nSPS) is 9.00. The lowest BCUT2D eigenvalue weighted by atomic mass is 10.3. The van der Waals surface area contributed by atoms with Gasteiger partial charge in [0.25, 0.3) is 0 Å². The lowest BCUT2D eigenvalue weighted by Gasteiger charge is -1.98. The lowest BCUT2D eigenvalue weighted by Crippen LogP contribution is -2.31. The smallest absolute Gasteiger partial charge is 0.394 e. The first-order valence-corrected chi connectivity index (χ1v) is 3.27. The van der Waals surface area contributed by atoms with Gasteiger partial charge in [0.05, 0.1) is 0 Å². The fourth-order valence-electron chi connectivity index (χ4n) is 0.517. The quantitative estimate of drug-likeness (QED) is 0.377. The molecule has 0 aromatic heterocycles. The summed E-state index contributed by atoms with van der Waals surface area (Å²) in [5.74, 6) is -3.65. The highest BCUT2D eigenvalue weighted by atomic mass is 16.4.